The maximum absolute atomic E-state index is 5.42. The van der Waals surface area contributed by atoms with E-state index in [9.17, 15) is 0 Å². The van der Waals surface area contributed by atoms with Gasteiger partial charge in [-0.2, -0.15) is 0 Å². The quantitative estimate of drug-likeness (QED) is 0.811. The normalized spacial score (nSPS) is 16.0. The summed E-state index contributed by atoms with van der Waals surface area (Å²) in [7, 11) is 0. The molecule has 1 aromatic carbocycles. The summed E-state index contributed by atoms with van der Waals surface area (Å²) in [6, 6.07) is 9.03. The van der Waals surface area contributed by atoms with Crippen molar-refractivity contribution in [3.05, 3.63) is 35.4 Å². The third-order valence-electron chi connectivity index (χ3n) is 2.85. The number of rotatable bonds is 6. The van der Waals surface area contributed by atoms with Crippen molar-refractivity contribution in [1.29, 1.82) is 0 Å². The second-order valence-corrected chi connectivity index (χ2v) is 4.65. The molecule has 2 nitrogen and oxygen atoms in total. The lowest BCUT2D eigenvalue weighted by Crippen LogP contribution is -2.18. The Bertz CT molecular complexity index is 376. The van der Waals surface area contributed by atoms with Crippen molar-refractivity contribution >= 4 is 6.08 Å². The van der Waals surface area contributed by atoms with Crippen LogP contribution in [0.4, 0.5) is 0 Å². The summed E-state index contributed by atoms with van der Waals surface area (Å²) in [5.74, 6) is 0.943. The molecule has 0 amide bonds. The van der Waals surface area contributed by atoms with E-state index in [1.807, 2.05) is 19.1 Å². The van der Waals surface area contributed by atoms with Gasteiger partial charge in [-0.15, -0.1) is 0 Å². The molecule has 1 aromatic rings. The molecule has 0 atom stereocenters. The monoisotopic (exact) mass is 231 g/mol. The maximum atomic E-state index is 5.42. The summed E-state index contributed by atoms with van der Waals surface area (Å²) in [6.07, 6.45) is 4.91. The Morgan fingerprint density at radius 1 is 1.35 bits per heavy atom. The molecule has 1 aliphatic rings. The Balaban J connectivity index is 1.88. The molecule has 1 aliphatic carbocycles. The molecule has 1 fully saturated rings. The fourth-order valence-electron chi connectivity index (χ4n) is 1.76. The van der Waals surface area contributed by atoms with Gasteiger partial charge in [0.2, 0.25) is 0 Å². The van der Waals surface area contributed by atoms with Crippen LogP contribution in [0.5, 0.6) is 5.75 Å². The highest BCUT2D eigenvalue weighted by molar-refractivity contribution is 5.53. The first-order valence-corrected chi connectivity index (χ1v) is 6.41. The minimum atomic E-state index is 0.722. The Kier molecular flexibility index (Phi) is 4.21. The molecule has 0 heterocycles. The van der Waals surface area contributed by atoms with Gasteiger partial charge < -0.3 is 10.1 Å². The van der Waals surface area contributed by atoms with Crippen LogP contribution in [0.15, 0.2) is 29.8 Å². The van der Waals surface area contributed by atoms with E-state index in [-0.39, 0.29) is 0 Å². The lowest BCUT2D eigenvalue weighted by Gasteiger charge is -2.05. The first kappa shape index (κ1) is 12.2. The molecular formula is C15H21NO. The molecule has 92 valence electrons. The molecule has 0 aromatic heterocycles. The van der Waals surface area contributed by atoms with Crippen LogP contribution in [0.2, 0.25) is 0 Å². The minimum absolute atomic E-state index is 0.722. The van der Waals surface area contributed by atoms with Crippen molar-refractivity contribution in [2.24, 2.45) is 0 Å². The van der Waals surface area contributed by atoms with E-state index >= 15 is 0 Å². The van der Waals surface area contributed by atoms with Gasteiger partial charge in [-0.1, -0.05) is 23.8 Å². The predicted octanol–water partition coefficient (Wildman–Crippen LogP) is 3.24. The van der Waals surface area contributed by atoms with Crippen molar-refractivity contribution in [3.8, 4) is 5.75 Å². The van der Waals surface area contributed by atoms with Crippen LogP contribution in [0.3, 0.4) is 0 Å². The zero-order chi connectivity index (χ0) is 12.1. The fraction of sp³-hybridized carbons (Fsp3) is 0.467. The van der Waals surface area contributed by atoms with Crippen molar-refractivity contribution in [1.82, 2.24) is 5.32 Å². The molecule has 0 unspecified atom stereocenters. The highest BCUT2D eigenvalue weighted by atomic mass is 16.5. The second kappa shape index (κ2) is 5.87. The third-order valence-corrected chi connectivity index (χ3v) is 2.85. The Labute approximate surface area is 104 Å². The van der Waals surface area contributed by atoms with Gasteiger partial charge in [0.1, 0.15) is 5.75 Å². The molecular weight excluding hydrogens is 210 g/mol. The van der Waals surface area contributed by atoms with Crippen molar-refractivity contribution in [2.45, 2.75) is 32.7 Å². The summed E-state index contributed by atoms with van der Waals surface area (Å²) >= 11 is 0. The number of hydrogen-bond donors (Lipinski definition) is 1. The van der Waals surface area contributed by atoms with Crippen molar-refractivity contribution < 1.29 is 4.74 Å². The van der Waals surface area contributed by atoms with E-state index in [1.165, 1.54) is 24.0 Å². The van der Waals surface area contributed by atoms with E-state index in [0.717, 1.165) is 24.9 Å². The number of hydrogen-bond acceptors (Lipinski definition) is 2. The molecule has 0 saturated heterocycles. The first-order chi connectivity index (χ1) is 8.28. The molecule has 2 rings (SSSR count). The minimum Gasteiger partial charge on any atom is -0.494 e. The summed E-state index contributed by atoms with van der Waals surface area (Å²) in [5.41, 5.74) is 2.62. The lowest BCUT2D eigenvalue weighted by molar-refractivity contribution is 0.340. The van der Waals surface area contributed by atoms with Gasteiger partial charge in [0, 0.05) is 12.6 Å². The summed E-state index contributed by atoms with van der Waals surface area (Å²) in [4.78, 5) is 0. The Morgan fingerprint density at radius 2 is 2.06 bits per heavy atom. The molecule has 0 spiro atoms. The van der Waals surface area contributed by atoms with E-state index in [0.29, 0.717) is 0 Å². The lowest BCUT2D eigenvalue weighted by atomic mass is 10.1. The third kappa shape index (κ3) is 4.23. The van der Waals surface area contributed by atoms with Crippen molar-refractivity contribution in [3.63, 3.8) is 0 Å². The molecule has 0 aliphatic heterocycles. The number of nitrogens with one attached hydrogen (secondary N) is 1. The topological polar surface area (TPSA) is 21.3 Å². The maximum Gasteiger partial charge on any atom is 0.119 e. The molecule has 2 heteroatoms. The Hall–Kier alpha value is -1.28. The average molecular weight is 231 g/mol. The fourth-order valence-corrected chi connectivity index (χ4v) is 1.76. The van der Waals surface area contributed by atoms with Crippen LogP contribution in [0.1, 0.15) is 32.3 Å². The van der Waals surface area contributed by atoms with E-state index < -0.39 is 0 Å². The molecule has 1 saturated carbocycles. The van der Waals surface area contributed by atoms with Gasteiger partial charge in [-0.05, 0) is 44.4 Å². The highest BCUT2D eigenvalue weighted by Crippen LogP contribution is 2.19. The van der Waals surface area contributed by atoms with E-state index in [4.69, 9.17) is 4.74 Å². The highest BCUT2D eigenvalue weighted by Gasteiger charge is 2.19. The van der Waals surface area contributed by atoms with Gasteiger partial charge in [0.05, 0.1) is 6.61 Å². The smallest absolute Gasteiger partial charge is 0.119 e. The number of ether oxygens (including phenoxy) is 1. The van der Waals surface area contributed by atoms with Gasteiger partial charge in [-0.3, -0.25) is 0 Å². The van der Waals surface area contributed by atoms with E-state index in [2.05, 4.69) is 30.4 Å². The predicted molar refractivity (Wildman–Crippen MR) is 72.3 cm³/mol. The summed E-state index contributed by atoms with van der Waals surface area (Å²) in [5, 5.41) is 3.52. The van der Waals surface area contributed by atoms with Gasteiger partial charge in [0.25, 0.3) is 0 Å². The van der Waals surface area contributed by atoms with Crippen LogP contribution in [-0.4, -0.2) is 19.2 Å². The van der Waals surface area contributed by atoms with Crippen molar-refractivity contribution in [2.75, 3.05) is 13.2 Å². The van der Waals surface area contributed by atoms with Crippen LogP contribution >= 0.6 is 0 Å². The van der Waals surface area contributed by atoms with Gasteiger partial charge in [-0.25, -0.2) is 0 Å². The number of benzene rings is 1. The van der Waals surface area contributed by atoms with Gasteiger partial charge >= 0.3 is 0 Å². The zero-order valence-electron chi connectivity index (χ0n) is 10.7. The Morgan fingerprint density at radius 3 is 2.65 bits per heavy atom. The van der Waals surface area contributed by atoms with Gasteiger partial charge in [0.15, 0.2) is 0 Å². The largest absolute Gasteiger partial charge is 0.494 e. The average Bonchev–Trinajstić information content (AvgIpc) is 3.13. The SMILES string of the molecule is CCOc1ccc(C=C(C)CNC2CC2)cc1. The summed E-state index contributed by atoms with van der Waals surface area (Å²) < 4.78 is 5.42. The zero-order valence-corrected chi connectivity index (χ0v) is 10.7. The molecule has 1 N–H and O–H groups in total. The molecule has 0 radical (unpaired) electrons. The van der Waals surface area contributed by atoms with Crippen LogP contribution in [0.25, 0.3) is 6.08 Å². The van der Waals surface area contributed by atoms with Crippen LogP contribution in [-0.2, 0) is 0 Å². The second-order valence-electron chi connectivity index (χ2n) is 4.65. The molecule has 17 heavy (non-hydrogen) atoms. The molecule has 0 bridgehead atoms. The van der Waals surface area contributed by atoms with Crippen LogP contribution < -0.4 is 10.1 Å². The standard InChI is InChI=1S/C15H21NO/c1-3-17-15-8-4-13(5-9-15)10-12(2)11-16-14-6-7-14/h4-5,8-10,14,16H,3,6-7,11H2,1-2H3. The first-order valence-electron chi connectivity index (χ1n) is 6.41. The summed E-state index contributed by atoms with van der Waals surface area (Å²) in [6.45, 7) is 5.89. The van der Waals surface area contributed by atoms with Crippen LogP contribution in [0, 0.1) is 0 Å². The van der Waals surface area contributed by atoms with E-state index in [1.54, 1.807) is 0 Å².